The zero-order chi connectivity index (χ0) is 19.6. The highest BCUT2D eigenvalue weighted by Gasteiger charge is 2.25. The van der Waals surface area contributed by atoms with E-state index >= 15 is 0 Å². The lowest BCUT2D eigenvalue weighted by atomic mass is 9.95. The average Bonchev–Trinajstić information content (AvgIpc) is 2.68. The van der Waals surface area contributed by atoms with Gasteiger partial charge in [-0.15, -0.1) is 0 Å². The van der Waals surface area contributed by atoms with Crippen molar-refractivity contribution in [2.75, 3.05) is 5.32 Å². The molecule has 138 valence electrons. The summed E-state index contributed by atoms with van der Waals surface area (Å²) in [6, 6.07) is 13.8. The van der Waals surface area contributed by atoms with E-state index in [1.807, 2.05) is 37.3 Å². The van der Waals surface area contributed by atoms with Crippen molar-refractivity contribution in [2.24, 2.45) is 0 Å². The van der Waals surface area contributed by atoms with E-state index < -0.39 is 16.8 Å². The second kappa shape index (κ2) is 7.45. The lowest BCUT2D eigenvalue weighted by molar-refractivity contribution is 0.0693. The molecule has 0 bridgehead atoms. The Morgan fingerprint density at radius 1 is 1.04 bits per heavy atom. The number of nitrogens with one attached hydrogen (secondary N) is 1. The smallest absolute Gasteiger partial charge is 0.339 e. The minimum atomic E-state index is -1.26. The van der Waals surface area contributed by atoms with Gasteiger partial charge < -0.3 is 15.5 Å². The topological polar surface area (TPSA) is 104 Å². The number of phenols is 1. The molecule has 0 unspecified atom stereocenters. The van der Waals surface area contributed by atoms with Crippen molar-refractivity contribution in [3.8, 4) is 5.75 Å². The van der Waals surface area contributed by atoms with Crippen LogP contribution in [0.2, 0.25) is 0 Å². The number of aromatic hydroxyl groups is 1. The first-order valence-electron chi connectivity index (χ1n) is 8.61. The van der Waals surface area contributed by atoms with Gasteiger partial charge in [-0.2, -0.15) is 0 Å². The lowest BCUT2D eigenvalue weighted by Crippen LogP contribution is -2.39. The second-order valence-corrected chi connectivity index (χ2v) is 6.32. The first-order valence-corrected chi connectivity index (χ1v) is 8.61. The molecule has 0 saturated carbocycles. The van der Waals surface area contributed by atoms with Gasteiger partial charge in [0.1, 0.15) is 11.3 Å². The van der Waals surface area contributed by atoms with Gasteiger partial charge in [-0.3, -0.25) is 9.59 Å². The number of carboxylic acid groups (broad SMARTS) is 1. The fraction of sp³-hybridized carbons (Fsp3) is 0.190. The molecule has 0 spiro atoms. The number of para-hydroxylation sites is 1. The van der Waals surface area contributed by atoms with Crippen LogP contribution in [0.5, 0.6) is 5.75 Å². The molecular formula is C21H19NO5. The summed E-state index contributed by atoms with van der Waals surface area (Å²) in [5, 5.41) is 22.4. The maximum Gasteiger partial charge on any atom is 0.339 e. The molecule has 27 heavy (non-hydrogen) atoms. The Hall–Kier alpha value is -3.41. The fourth-order valence-corrected chi connectivity index (χ4v) is 3.14. The summed E-state index contributed by atoms with van der Waals surface area (Å²) in [7, 11) is 0. The van der Waals surface area contributed by atoms with Crippen molar-refractivity contribution < 1.29 is 15.0 Å². The van der Waals surface area contributed by atoms with Crippen molar-refractivity contribution in [2.45, 2.75) is 25.8 Å². The van der Waals surface area contributed by atoms with E-state index in [0.29, 0.717) is 6.42 Å². The van der Waals surface area contributed by atoms with Gasteiger partial charge in [-0.05, 0) is 23.6 Å². The van der Waals surface area contributed by atoms with Gasteiger partial charge in [0.05, 0.1) is 11.7 Å². The number of hydrogen-bond acceptors (Lipinski definition) is 5. The molecule has 3 aromatic rings. The van der Waals surface area contributed by atoms with Gasteiger partial charge >= 0.3 is 5.97 Å². The van der Waals surface area contributed by atoms with Gasteiger partial charge in [0.25, 0.3) is 0 Å². The molecule has 0 aliphatic heterocycles. The van der Waals surface area contributed by atoms with Crippen LogP contribution >= 0.6 is 0 Å². The van der Waals surface area contributed by atoms with E-state index in [2.05, 4.69) is 5.32 Å². The SMILES string of the molecule is CC[C@@H](Nc1c(Cc2cccc(C(=O)O)c2O)c(=O)c1=O)c1ccccc1. The van der Waals surface area contributed by atoms with Gasteiger partial charge in [0.15, 0.2) is 0 Å². The summed E-state index contributed by atoms with van der Waals surface area (Å²) < 4.78 is 0. The van der Waals surface area contributed by atoms with Gasteiger partial charge in [-0.1, -0.05) is 49.4 Å². The number of benzene rings is 2. The zero-order valence-corrected chi connectivity index (χ0v) is 14.7. The highest BCUT2D eigenvalue weighted by atomic mass is 16.4. The van der Waals surface area contributed by atoms with Crippen LogP contribution in [0.4, 0.5) is 5.69 Å². The fourth-order valence-electron chi connectivity index (χ4n) is 3.14. The molecule has 1 atom stereocenters. The van der Waals surface area contributed by atoms with Crippen LogP contribution in [0.3, 0.4) is 0 Å². The molecule has 6 nitrogen and oxygen atoms in total. The third kappa shape index (κ3) is 3.46. The van der Waals surface area contributed by atoms with E-state index in [1.54, 1.807) is 0 Å². The molecule has 0 aromatic heterocycles. The maximum absolute atomic E-state index is 12.1. The Bertz CT molecular complexity index is 1050. The molecule has 0 aliphatic rings. The molecule has 0 radical (unpaired) electrons. The summed E-state index contributed by atoms with van der Waals surface area (Å²) in [5.41, 5.74) is 0.334. The summed E-state index contributed by atoms with van der Waals surface area (Å²) in [6.45, 7) is 1.97. The molecule has 6 heteroatoms. The molecule has 0 saturated heterocycles. The average molecular weight is 365 g/mol. The predicted octanol–water partition coefficient (Wildman–Crippen LogP) is 2.84. The number of anilines is 1. The predicted molar refractivity (Wildman–Crippen MR) is 102 cm³/mol. The van der Waals surface area contributed by atoms with E-state index in [0.717, 1.165) is 5.56 Å². The Labute approximate surface area is 155 Å². The molecule has 3 N–H and O–H groups in total. The highest BCUT2D eigenvalue weighted by Crippen LogP contribution is 2.28. The van der Waals surface area contributed by atoms with Crippen LogP contribution in [-0.2, 0) is 6.42 Å². The van der Waals surface area contributed by atoms with Crippen molar-refractivity contribution in [1.82, 2.24) is 0 Å². The Morgan fingerprint density at radius 2 is 1.74 bits per heavy atom. The van der Waals surface area contributed by atoms with Crippen molar-refractivity contribution in [3.05, 3.63) is 91.2 Å². The van der Waals surface area contributed by atoms with Crippen LogP contribution in [0.1, 0.15) is 46.4 Å². The van der Waals surface area contributed by atoms with Gasteiger partial charge in [0.2, 0.25) is 10.9 Å². The van der Waals surface area contributed by atoms with Gasteiger partial charge in [-0.25, -0.2) is 4.79 Å². The first-order chi connectivity index (χ1) is 12.9. The summed E-state index contributed by atoms with van der Waals surface area (Å²) >= 11 is 0. The third-order valence-electron chi connectivity index (χ3n) is 4.66. The van der Waals surface area contributed by atoms with Gasteiger partial charge in [0, 0.05) is 12.0 Å². The number of aromatic carboxylic acids is 1. The van der Waals surface area contributed by atoms with Crippen LogP contribution in [0.25, 0.3) is 0 Å². The van der Waals surface area contributed by atoms with Crippen LogP contribution < -0.4 is 16.2 Å². The van der Waals surface area contributed by atoms with E-state index in [9.17, 15) is 19.5 Å². The number of carboxylic acids is 1. The first kappa shape index (κ1) is 18.4. The minimum Gasteiger partial charge on any atom is -0.507 e. The summed E-state index contributed by atoms with van der Waals surface area (Å²) in [5.74, 6) is -1.65. The van der Waals surface area contributed by atoms with Crippen molar-refractivity contribution in [1.29, 1.82) is 0 Å². The largest absolute Gasteiger partial charge is 0.507 e. The zero-order valence-electron chi connectivity index (χ0n) is 14.7. The molecule has 0 fully saturated rings. The molecule has 0 heterocycles. The lowest BCUT2D eigenvalue weighted by Gasteiger charge is -2.22. The molecular weight excluding hydrogens is 346 g/mol. The molecule has 0 aliphatic carbocycles. The third-order valence-corrected chi connectivity index (χ3v) is 4.66. The summed E-state index contributed by atoms with van der Waals surface area (Å²) in [6.07, 6.45) is 0.701. The molecule has 0 amide bonds. The summed E-state index contributed by atoms with van der Waals surface area (Å²) in [4.78, 5) is 35.3. The van der Waals surface area contributed by atoms with Crippen molar-refractivity contribution in [3.63, 3.8) is 0 Å². The standard InChI is InChI=1S/C21H19NO5/c1-2-16(12-7-4-3-5-8-12)22-17-15(19(24)20(17)25)11-13-9-6-10-14(18(13)23)21(26)27/h3-10,16,22-23H,2,11H2,1H3,(H,26,27)/t16-/m1/s1. The van der Waals surface area contributed by atoms with Crippen LogP contribution in [-0.4, -0.2) is 16.2 Å². The van der Waals surface area contributed by atoms with E-state index in [-0.39, 0.29) is 40.6 Å². The van der Waals surface area contributed by atoms with E-state index in [4.69, 9.17) is 5.11 Å². The Balaban J connectivity index is 1.91. The quantitative estimate of drug-likeness (QED) is 0.556. The maximum atomic E-state index is 12.1. The van der Waals surface area contributed by atoms with Crippen molar-refractivity contribution >= 4 is 11.7 Å². The Kier molecular flexibility index (Phi) is 5.07. The number of carbonyl (C=O) groups is 1. The number of hydrogen-bond donors (Lipinski definition) is 3. The monoisotopic (exact) mass is 365 g/mol. The minimum absolute atomic E-state index is 0.00885. The molecule has 3 rings (SSSR count). The van der Waals surface area contributed by atoms with Crippen LogP contribution in [0.15, 0.2) is 58.1 Å². The Morgan fingerprint density at radius 3 is 2.37 bits per heavy atom. The highest BCUT2D eigenvalue weighted by molar-refractivity contribution is 5.91. The normalized spacial score (nSPS) is 12.0. The number of rotatable bonds is 7. The molecule has 3 aromatic carbocycles. The second-order valence-electron chi connectivity index (χ2n) is 6.32. The van der Waals surface area contributed by atoms with E-state index in [1.165, 1.54) is 18.2 Å². The van der Waals surface area contributed by atoms with Crippen LogP contribution in [0, 0.1) is 0 Å².